The zero-order valence-corrected chi connectivity index (χ0v) is 21.6. The summed E-state index contributed by atoms with van der Waals surface area (Å²) in [6.45, 7) is 6.97. The Balaban J connectivity index is 1.26. The Kier molecular flexibility index (Phi) is 7.94. The minimum Gasteiger partial charge on any atom is -0.453 e. The molecule has 11 heteroatoms. The minimum atomic E-state index is -0.570. The van der Waals surface area contributed by atoms with Crippen molar-refractivity contribution in [3.05, 3.63) is 47.2 Å². The summed E-state index contributed by atoms with van der Waals surface area (Å²) in [7, 11) is 0. The third-order valence-electron chi connectivity index (χ3n) is 5.93. The number of aliphatic imine (C=N–C) groups is 1. The second-order valence-electron chi connectivity index (χ2n) is 8.85. The van der Waals surface area contributed by atoms with E-state index >= 15 is 0 Å². The zero-order valence-electron chi connectivity index (χ0n) is 20.8. The van der Waals surface area contributed by atoms with E-state index in [1.54, 1.807) is 18.3 Å². The molecule has 5 rings (SSSR count). The van der Waals surface area contributed by atoms with Gasteiger partial charge >= 0.3 is 6.03 Å². The molecular weight excluding hydrogens is 497 g/mol. The molecule has 3 aromatic rings. The van der Waals surface area contributed by atoms with Crippen LogP contribution in [0.5, 0.6) is 11.5 Å². The summed E-state index contributed by atoms with van der Waals surface area (Å²) in [6.07, 6.45) is 3.32. The molecule has 1 aromatic carbocycles. The van der Waals surface area contributed by atoms with Crippen LogP contribution < -0.4 is 15.4 Å². The largest absolute Gasteiger partial charge is 0.453 e. The van der Waals surface area contributed by atoms with Crippen LogP contribution in [-0.2, 0) is 9.47 Å². The number of nitrogens with one attached hydrogen (secondary N) is 2. The summed E-state index contributed by atoms with van der Waals surface area (Å²) >= 11 is 1.52. The van der Waals surface area contributed by atoms with Gasteiger partial charge in [-0.2, -0.15) is 0 Å². The smallest absolute Gasteiger partial charge is 0.319 e. The van der Waals surface area contributed by atoms with Gasteiger partial charge in [-0.1, -0.05) is 0 Å². The Morgan fingerprint density at radius 2 is 2.00 bits per heavy atom. The molecule has 0 spiro atoms. The number of thiophene rings is 1. The quantitative estimate of drug-likeness (QED) is 0.342. The van der Waals surface area contributed by atoms with Crippen LogP contribution in [0.15, 0.2) is 41.5 Å². The molecule has 3 heterocycles. The van der Waals surface area contributed by atoms with E-state index in [1.165, 1.54) is 23.5 Å². The first-order chi connectivity index (χ1) is 18.0. The van der Waals surface area contributed by atoms with E-state index < -0.39 is 5.82 Å². The molecule has 196 valence electrons. The maximum absolute atomic E-state index is 14.8. The highest BCUT2D eigenvalue weighted by atomic mass is 32.1. The molecule has 1 aliphatic heterocycles. The minimum absolute atomic E-state index is 0.0675. The van der Waals surface area contributed by atoms with Gasteiger partial charge in [0.15, 0.2) is 17.9 Å². The lowest BCUT2D eigenvalue weighted by Crippen LogP contribution is -2.35. The highest BCUT2D eigenvalue weighted by molar-refractivity contribution is 7.21. The molecule has 2 amide bonds. The number of nitrogens with zero attached hydrogens (tertiary/aromatic N) is 3. The normalized spacial score (nSPS) is 15.8. The van der Waals surface area contributed by atoms with Gasteiger partial charge in [-0.05, 0) is 44.9 Å². The number of benzene rings is 1. The lowest BCUT2D eigenvalue weighted by Gasteiger charge is -2.22. The highest BCUT2D eigenvalue weighted by Crippen LogP contribution is 2.37. The molecule has 2 aromatic heterocycles. The fraction of sp³-hybridized carbons (Fsp3) is 0.423. The lowest BCUT2D eigenvalue weighted by molar-refractivity contribution is -0.145. The van der Waals surface area contributed by atoms with Crippen LogP contribution in [0, 0.1) is 5.82 Å². The first kappa shape index (κ1) is 25.5. The lowest BCUT2D eigenvalue weighted by atomic mass is 10.2. The Hall–Kier alpha value is -3.12. The summed E-state index contributed by atoms with van der Waals surface area (Å²) in [4.78, 5) is 24.3. The fourth-order valence-electron chi connectivity index (χ4n) is 4.01. The van der Waals surface area contributed by atoms with Gasteiger partial charge in [0.05, 0.1) is 34.0 Å². The van der Waals surface area contributed by atoms with Crippen molar-refractivity contribution < 1.29 is 23.4 Å². The van der Waals surface area contributed by atoms with Crippen LogP contribution >= 0.6 is 11.3 Å². The van der Waals surface area contributed by atoms with Crippen LogP contribution in [0.2, 0.25) is 0 Å². The summed E-state index contributed by atoms with van der Waals surface area (Å²) in [5, 5.41) is 5.46. The molecule has 37 heavy (non-hydrogen) atoms. The van der Waals surface area contributed by atoms with Crippen LogP contribution in [0.25, 0.3) is 10.2 Å². The average molecular weight is 528 g/mol. The Morgan fingerprint density at radius 3 is 2.73 bits per heavy atom. The molecule has 0 bridgehead atoms. The van der Waals surface area contributed by atoms with Gasteiger partial charge in [0.25, 0.3) is 0 Å². The third-order valence-corrected chi connectivity index (χ3v) is 7.12. The number of carbonyl (C=O) groups is 1. The number of hydrogen-bond donors (Lipinski definition) is 2. The monoisotopic (exact) mass is 527 g/mol. The van der Waals surface area contributed by atoms with Crippen molar-refractivity contribution in [3.63, 3.8) is 0 Å². The molecule has 1 fully saturated rings. The second kappa shape index (κ2) is 11.5. The van der Waals surface area contributed by atoms with E-state index in [1.807, 2.05) is 19.9 Å². The predicted octanol–water partition coefficient (Wildman–Crippen LogP) is 4.97. The molecule has 2 aliphatic rings. The molecule has 1 saturated carbocycles. The summed E-state index contributed by atoms with van der Waals surface area (Å²) in [6, 6.07) is 7.96. The van der Waals surface area contributed by atoms with E-state index in [4.69, 9.17) is 19.2 Å². The molecule has 9 nitrogen and oxygen atoms in total. The van der Waals surface area contributed by atoms with Crippen molar-refractivity contribution in [2.24, 2.45) is 4.99 Å². The molecule has 2 N–H and O–H groups in total. The molecule has 0 radical (unpaired) electrons. The average Bonchev–Trinajstić information content (AvgIpc) is 3.36. The van der Waals surface area contributed by atoms with Crippen LogP contribution in [0.1, 0.15) is 31.6 Å². The number of ether oxygens (including phenoxy) is 3. The van der Waals surface area contributed by atoms with Crippen molar-refractivity contribution >= 4 is 39.0 Å². The van der Waals surface area contributed by atoms with Crippen LogP contribution in [0.3, 0.4) is 0 Å². The first-order valence-corrected chi connectivity index (χ1v) is 13.3. The van der Waals surface area contributed by atoms with E-state index in [0.717, 1.165) is 33.6 Å². The second-order valence-corrected chi connectivity index (χ2v) is 9.90. The number of rotatable bonds is 11. The third kappa shape index (κ3) is 6.42. The van der Waals surface area contributed by atoms with Gasteiger partial charge in [0, 0.05) is 49.8 Å². The molecule has 1 aliphatic carbocycles. The number of halogens is 1. The van der Waals surface area contributed by atoms with Gasteiger partial charge in [0.1, 0.15) is 5.75 Å². The Morgan fingerprint density at radius 1 is 1.19 bits per heavy atom. The summed E-state index contributed by atoms with van der Waals surface area (Å²) in [5.74, 6) is 0.00772. The Bertz CT molecular complexity index is 1290. The molecule has 0 unspecified atom stereocenters. The number of pyridine rings is 1. The number of aromatic nitrogens is 1. The number of hydrogen-bond acceptors (Lipinski definition) is 8. The Labute approximate surface area is 218 Å². The van der Waals surface area contributed by atoms with Crippen molar-refractivity contribution in [3.8, 4) is 11.5 Å². The van der Waals surface area contributed by atoms with Gasteiger partial charge < -0.3 is 24.8 Å². The number of carbonyl (C=O) groups excluding carboxylic acids is 1. The SMILES string of the molecule is CCOC(CN1CN=C(c2cc3nccc(Oc4ccc(NC(=O)NC5CC5)cc4F)c3s2)C1)OCC. The van der Waals surface area contributed by atoms with Crippen LogP contribution in [0.4, 0.5) is 14.9 Å². The van der Waals surface area contributed by atoms with Gasteiger partial charge in [-0.25, -0.2) is 9.18 Å². The van der Waals surface area contributed by atoms with Crippen LogP contribution in [-0.4, -0.2) is 66.9 Å². The van der Waals surface area contributed by atoms with Gasteiger partial charge in [-0.15, -0.1) is 11.3 Å². The van der Waals surface area contributed by atoms with E-state index in [2.05, 4.69) is 20.5 Å². The maximum Gasteiger partial charge on any atom is 0.319 e. The number of amides is 2. The first-order valence-electron chi connectivity index (χ1n) is 12.4. The zero-order chi connectivity index (χ0) is 25.8. The van der Waals surface area contributed by atoms with Gasteiger partial charge in [0.2, 0.25) is 0 Å². The van der Waals surface area contributed by atoms with Crippen molar-refractivity contribution in [1.29, 1.82) is 0 Å². The molecule has 0 saturated heterocycles. The summed E-state index contributed by atoms with van der Waals surface area (Å²) < 4.78 is 32.9. The standard InChI is InChI=1S/C26H30FN5O4S/c1-3-34-24(35-4-2)14-32-13-20(29-15-32)23-12-19-25(37-23)22(9-10-28-19)36-21-8-7-17(11-18(21)27)31-26(33)30-16-5-6-16/h7-12,16,24H,3-6,13-15H2,1-2H3,(H2,30,31,33). The highest BCUT2D eigenvalue weighted by Gasteiger charge is 2.24. The van der Waals surface area contributed by atoms with Gasteiger partial charge in [-0.3, -0.25) is 14.9 Å². The summed E-state index contributed by atoms with van der Waals surface area (Å²) in [5.41, 5.74) is 2.09. The number of fused-ring (bicyclic) bond motifs is 1. The predicted molar refractivity (Wildman–Crippen MR) is 141 cm³/mol. The van der Waals surface area contributed by atoms with E-state index in [9.17, 15) is 9.18 Å². The van der Waals surface area contributed by atoms with E-state index in [-0.39, 0.29) is 24.1 Å². The maximum atomic E-state index is 14.8. The number of anilines is 1. The number of urea groups is 1. The van der Waals surface area contributed by atoms with Crippen molar-refractivity contribution in [1.82, 2.24) is 15.2 Å². The van der Waals surface area contributed by atoms with Crippen molar-refractivity contribution in [2.45, 2.75) is 39.0 Å². The fourth-order valence-corrected chi connectivity index (χ4v) is 5.07. The molecular formula is C26H30FN5O4S. The molecule has 0 atom stereocenters. The van der Waals surface area contributed by atoms with Crippen molar-refractivity contribution in [2.75, 3.05) is 38.3 Å². The van der Waals surface area contributed by atoms with E-state index in [0.29, 0.717) is 44.4 Å². The topological polar surface area (TPSA) is 97.3 Å².